The van der Waals surface area contributed by atoms with Crippen LogP contribution in [0.25, 0.3) is 0 Å². The standard InChI is InChI=1S/C12H20N4S/c1-4-13-12-14-9(2)7-11(15-12)16(3)10-5-6-17-8-10/h7,10H,4-6,8H2,1-3H3,(H,13,14,15). The summed E-state index contributed by atoms with van der Waals surface area (Å²) in [4.78, 5) is 11.2. The SMILES string of the molecule is CCNc1nc(C)cc(N(C)C2CCSC2)n1. The van der Waals surface area contributed by atoms with Crippen LogP contribution in [0.3, 0.4) is 0 Å². The van der Waals surface area contributed by atoms with E-state index in [-0.39, 0.29) is 0 Å². The highest BCUT2D eigenvalue weighted by Gasteiger charge is 2.21. The normalized spacial score (nSPS) is 19.4. The Balaban J connectivity index is 2.18. The van der Waals surface area contributed by atoms with Crippen molar-refractivity contribution in [1.29, 1.82) is 0 Å². The van der Waals surface area contributed by atoms with Gasteiger partial charge in [0.05, 0.1) is 0 Å². The lowest BCUT2D eigenvalue weighted by Crippen LogP contribution is -2.32. The van der Waals surface area contributed by atoms with Crippen molar-refractivity contribution >= 4 is 23.5 Å². The lowest BCUT2D eigenvalue weighted by Gasteiger charge is -2.25. The number of aryl methyl sites for hydroxylation is 1. The lowest BCUT2D eigenvalue weighted by atomic mass is 10.2. The van der Waals surface area contributed by atoms with Gasteiger partial charge >= 0.3 is 0 Å². The zero-order valence-corrected chi connectivity index (χ0v) is 11.5. The van der Waals surface area contributed by atoms with Crippen LogP contribution in [0.5, 0.6) is 0 Å². The molecule has 1 atom stereocenters. The maximum atomic E-state index is 4.56. The number of nitrogens with zero attached hydrogens (tertiary/aromatic N) is 3. The Labute approximate surface area is 107 Å². The van der Waals surface area contributed by atoms with Crippen molar-refractivity contribution in [3.05, 3.63) is 11.8 Å². The summed E-state index contributed by atoms with van der Waals surface area (Å²) in [5, 5.41) is 3.18. The third kappa shape index (κ3) is 3.03. The van der Waals surface area contributed by atoms with Gasteiger partial charge in [-0.25, -0.2) is 4.98 Å². The van der Waals surface area contributed by atoms with E-state index in [0.717, 1.165) is 24.0 Å². The molecule has 0 amide bonds. The maximum Gasteiger partial charge on any atom is 0.224 e. The second-order valence-corrected chi connectivity index (χ2v) is 5.50. The average Bonchev–Trinajstić information content (AvgIpc) is 2.81. The molecule has 0 aliphatic carbocycles. The number of aromatic nitrogens is 2. The average molecular weight is 252 g/mol. The van der Waals surface area contributed by atoms with Crippen molar-refractivity contribution in [3.8, 4) is 0 Å². The van der Waals surface area contributed by atoms with Crippen molar-refractivity contribution in [2.75, 3.05) is 35.3 Å². The minimum atomic E-state index is 0.615. The van der Waals surface area contributed by atoms with Gasteiger partial charge in [0.15, 0.2) is 0 Å². The van der Waals surface area contributed by atoms with Gasteiger partial charge in [-0.1, -0.05) is 0 Å². The first kappa shape index (κ1) is 12.5. The highest BCUT2D eigenvalue weighted by Crippen LogP contribution is 2.25. The summed E-state index contributed by atoms with van der Waals surface area (Å²) in [6, 6.07) is 2.67. The van der Waals surface area contributed by atoms with Gasteiger partial charge in [-0.2, -0.15) is 16.7 Å². The largest absolute Gasteiger partial charge is 0.356 e. The fourth-order valence-electron chi connectivity index (χ4n) is 1.98. The molecule has 94 valence electrons. The summed E-state index contributed by atoms with van der Waals surface area (Å²) in [5.41, 5.74) is 1.02. The molecule has 4 nitrogen and oxygen atoms in total. The first-order chi connectivity index (χ1) is 8.20. The molecule has 0 bridgehead atoms. The van der Waals surface area contributed by atoms with E-state index in [1.807, 2.05) is 18.7 Å². The molecule has 1 N–H and O–H groups in total. The van der Waals surface area contributed by atoms with E-state index in [4.69, 9.17) is 0 Å². The molecule has 2 rings (SSSR count). The third-order valence-corrected chi connectivity index (χ3v) is 4.14. The molecule has 1 aromatic rings. The summed E-state index contributed by atoms with van der Waals surface area (Å²) in [5.74, 6) is 4.23. The van der Waals surface area contributed by atoms with E-state index in [1.54, 1.807) is 0 Å². The second kappa shape index (κ2) is 5.58. The van der Waals surface area contributed by atoms with Crippen LogP contribution in [0.2, 0.25) is 0 Å². The lowest BCUT2D eigenvalue weighted by molar-refractivity contribution is 0.690. The summed E-state index contributed by atoms with van der Waals surface area (Å²) >= 11 is 2.02. The molecule has 1 aliphatic heterocycles. The molecule has 1 fully saturated rings. The topological polar surface area (TPSA) is 41.1 Å². The van der Waals surface area contributed by atoms with Crippen molar-refractivity contribution < 1.29 is 0 Å². The smallest absolute Gasteiger partial charge is 0.224 e. The highest BCUT2D eigenvalue weighted by molar-refractivity contribution is 7.99. The monoisotopic (exact) mass is 252 g/mol. The van der Waals surface area contributed by atoms with Gasteiger partial charge in [0.1, 0.15) is 5.82 Å². The second-order valence-electron chi connectivity index (χ2n) is 4.35. The van der Waals surface area contributed by atoms with Gasteiger partial charge in [-0.05, 0) is 26.0 Å². The number of anilines is 2. The summed E-state index contributed by atoms with van der Waals surface area (Å²) in [6.07, 6.45) is 1.25. The maximum absolute atomic E-state index is 4.56. The molecule has 1 aliphatic rings. The predicted octanol–water partition coefficient (Wildman–Crippen LogP) is 2.16. The van der Waals surface area contributed by atoms with Crippen LogP contribution in [0.1, 0.15) is 19.0 Å². The van der Waals surface area contributed by atoms with E-state index >= 15 is 0 Å². The fourth-order valence-corrected chi connectivity index (χ4v) is 3.25. The Morgan fingerprint density at radius 1 is 1.53 bits per heavy atom. The van der Waals surface area contributed by atoms with Gasteiger partial charge in [0.2, 0.25) is 5.95 Å². The molecule has 1 aromatic heterocycles. The van der Waals surface area contributed by atoms with Crippen LogP contribution in [-0.2, 0) is 0 Å². The molecule has 0 saturated carbocycles. The van der Waals surface area contributed by atoms with Gasteiger partial charge in [0, 0.05) is 37.1 Å². The van der Waals surface area contributed by atoms with Gasteiger partial charge in [0.25, 0.3) is 0 Å². The Bertz CT molecular complexity index is 377. The number of hydrogen-bond donors (Lipinski definition) is 1. The predicted molar refractivity (Wildman–Crippen MR) is 75.1 cm³/mol. The van der Waals surface area contributed by atoms with Crippen LogP contribution < -0.4 is 10.2 Å². The summed E-state index contributed by atoms with van der Waals surface area (Å²) < 4.78 is 0. The van der Waals surface area contributed by atoms with Crippen LogP contribution in [-0.4, -0.2) is 41.1 Å². The van der Waals surface area contributed by atoms with Gasteiger partial charge in [-0.15, -0.1) is 0 Å². The Hall–Kier alpha value is -0.970. The van der Waals surface area contributed by atoms with Crippen molar-refractivity contribution in [1.82, 2.24) is 9.97 Å². The number of hydrogen-bond acceptors (Lipinski definition) is 5. The van der Waals surface area contributed by atoms with Crippen LogP contribution >= 0.6 is 11.8 Å². The van der Waals surface area contributed by atoms with Crippen molar-refractivity contribution in [2.24, 2.45) is 0 Å². The number of thioether (sulfide) groups is 1. The Kier molecular flexibility index (Phi) is 4.10. The van der Waals surface area contributed by atoms with E-state index in [9.17, 15) is 0 Å². The van der Waals surface area contributed by atoms with Crippen LogP contribution in [0.4, 0.5) is 11.8 Å². The van der Waals surface area contributed by atoms with Gasteiger partial charge < -0.3 is 10.2 Å². The minimum absolute atomic E-state index is 0.615. The molecule has 0 radical (unpaired) electrons. The van der Waals surface area contributed by atoms with Gasteiger partial charge in [-0.3, -0.25) is 0 Å². The molecule has 1 saturated heterocycles. The first-order valence-corrected chi connectivity index (χ1v) is 7.26. The zero-order chi connectivity index (χ0) is 12.3. The molecular weight excluding hydrogens is 232 g/mol. The molecule has 17 heavy (non-hydrogen) atoms. The molecule has 5 heteroatoms. The van der Waals surface area contributed by atoms with E-state index in [2.05, 4.69) is 40.2 Å². The highest BCUT2D eigenvalue weighted by atomic mass is 32.2. The van der Waals surface area contributed by atoms with E-state index < -0.39 is 0 Å². The van der Waals surface area contributed by atoms with Crippen LogP contribution in [0.15, 0.2) is 6.07 Å². The van der Waals surface area contributed by atoms with E-state index in [0.29, 0.717) is 6.04 Å². The molecule has 0 aromatic carbocycles. The summed E-state index contributed by atoms with van der Waals surface area (Å²) in [6.45, 7) is 4.93. The molecular formula is C12H20N4S. The molecule has 2 heterocycles. The quantitative estimate of drug-likeness (QED) is 0.889. The van der Waals surface area contributed by atoms with E-state index in [1.165, 1.54) is 17.9 Å². The van der Waals surface area contributed by atoms with Crippen molar-refractivity contribution in [2.45, 2.75) is 26.3 Å². The van der Waals surface area contributed by atoms with Crippen molar-refractivity contribution in [3.63, 3.8) is 0 Å². The van der Waals surface area contributed by atoms with Crippen LogP contribution in [0, 0.1) is 6.92 Å². The summed E-state index contributed by atoms with van der Waals surface area (Å²) in [7, 11) is 2.13. The Morgan fingerprint density at radius 3 is 3.00 bits per heavy atom. The third-order valence-electron chi connectivity index (χ3n) is 2.99. The zero-order valence-electron chi connectivity index (χ0n) is 10.7. The Morgan fingerprint density at radius 2 is 2.35 bits per heavy atom. The molecule has 1 unspecified atom stereocenters. The first-order valence-electron chi connectivity index (χ1n) is 6.11. The number of nitrogens with one attached hydrogen (secondary N) is 1. The fraction of sp³-hybridized carbons (Fsp3) is 0.667. The minimum Gasteiger partial charge on any atom is -0.356 e. The molecule has 0 spiro atoms. The number of rotatable bonds is 4.